The van der Waals surface area contributed by atoms with E-state index in [4.69, 9.17) is 4.98 Å². The molecule has 8 nitrogen and oxygen atoms in total. The van der Waals surface area contributed by atoms with Crippen molar-refractivity contribution in [2.45, 2.75) is 96.6 Å². The first-order valence-electron chi connectivity index (χ1n) is 15.9. The van der Waals surface area contributed by atoms with Gasteiger partial charge in [-0.1, -0.05) is 42.8 Å². The van der Waals surface area contributed by atoms with E-state index in [1.807, 2.05) is 66.4 Å². The van der Waals surface area contributed by atoms with Crippen molar-refractivity contribution in [3.8, 4) is 0 Å². The molecule has 226 valence electrons. The average molecular weight is 573 g/mol. The van der Waals surface area contributed by atoms with E-state index in [2.05, 4.69) is 33.5 Å². The molecule has 6 rings (SSSR count). The summed E-state index contributed by atoms with van der Waals surface area (Å²) in [5.74, 6) is 1.13. The molecule has 0 saturated carbocycles. The van der Waals surface area contributed by atoms with Gasteiger partial charge >= 0.3 is 6.03 Å². The maximum Gasteiger partial charge on any atom is 0.326 e. The van der Waals surface area contributed by atoms with Crippen molar-refractivity contribution < 1.29 is 11.3 Å². The Morgan fingerprint density at radius 2 is 1.79 bits per heavy atom. The number of para-hydroxylation sites is 1. The molecule has 2 N–H and O–H groups in total. The molecule has 0 spiro atoms. The molecule has 2 saturated heterocycles. The van der Waals surface area contributed by atoms with Crippen LogP contribution < -0.4 is 10.2 Å². The smallest absolute Gasteiger partial charge is 0.326 e. The molecule has 2 amide bonds. The van der Waals surface area contributed by atoms with Crippen molar-refractivity contribution in [3.05, 3.63) is 77.4 Å². The first-order valence-corrected chi connectivity index (χ1v) is 15.9. The van der Waals surface area contributed by atoms with Gasteiger partial charge in [0.1, 0.15) is 12.1 Å². The summed E-state index contributed by atoms with van der Waals surface area (Å²) in [7, 11) is 0. The number of hydrogen-bond donors (Lipinski definition) is 2. The minimum atomic E-state index is -0.380. The summed E-state index contributed by atoms with van der Waals surface area (Å²) < 4.78 is 2.56. The summed E-state index contributed by atoms with van der Waals surface area (Å²) in [6, 6.07) is 19.5. The van der Waals surface area contributed by atoms with Gasteiger partial charge in [-0.15, -0.1) is 0 Å². The number of aryl methyl sites for hydroxylation is 2. The standard InChI is InChI=1S/C34H46N6O2.H2/c1-4-33(41)37-20-17-32-31(23-37)35-25(3)40(32)30-21-28-15-16-29(22-30)38(28)18-8-19-39(27-9-6-5-7-10-27)34(42)36-26-13-11-24(2)12-14-26;/h5-7,9-14,28-30,33,41H,4,8,15-23H2,1-3H3,(H,36,42);1H/t28-,29+,30?,33?;. The van der Waals surface area contributed by atoms with Gasteiger partial charge in [-0.05, 0) is 76.6 Å². The van der Waals surface area contributed by atoms with Gasteiger partial charge in [0.2, 0.25) is 0 Å². The van der Waals surface area contributed by atoms with E-state index in [1.165, 1.54) is 24.1 Å². The molecular weight excluding hydrogens is 524 g/mol. The van der Waals surface area contributed by atoms with Gasteiger partial charge < -0.3 is 15.0 Å². The van der Waals surface area contributed by atoms with Crippen molar-refractivity contribution in [1.29, 1.82) is 0 Å². The third-order valence-corrected chi connectivity index (χ3v) is 9.68. The zero-order chi connectivity index (χ0) is 29.2. The number of aliphatic hydroxyl groups is 1. The summed E-state index contributed by atoms with van der Waals surface area (Å²) >= 11 is 0. The van der Waals surface area contributed by atoms with Crippen LogP contribution >= 0.6 is 0 Å². The molecule has 4 atom stereocenters. The Morgan fingerprint density at radius 3 is 2.48 bits per heavy atom. The second-order valence-corrected chi connectivity index (χ2v) is 12.4. The summed E-state index contributed by atoms with van der Waals surface area (Å²) in [6.07, 6.45) is 7.10. The number of urea groups is 1. The summed E-state index contributed by atoms with van der Waals surface area (Å²) in [5.41, 5.74) is 5.47. The highest BCUT2D eigenvalue weighted by Crippen LogP contribution is 2.42. The summed E-state index contributed by atoms with van der Waals surface area (Å²) in [6.45, 7) is 9.58. The number of nitrogens with zero attached hydrogens (tertiary/aromatic N) is 5. The van der Waals surface area contributed by atoms with Gasteiger partial charge in [0.05, 0.1) is 5.69 Å². The lowest BCUT2D eigenvalue weighted by Crippen LogP contribution is -2.45. The molecule has 8 heteroatoms. The predicted molar refractivity (Wildman–Crippen MR) is 170 cm³/mol. The molecule has 4 heterocycles. The molecule has 0 aliphatic carbocycles. The Kier molecular flexibility index (Phi) is 8.65. The fourth-order valence-electron chi connectivity index (χ4n) is 7.57. The van der Waals surface area contributed by atoms with Crippen LogP contribution in [-0.4, -0.2) is 68.4 Å². The fraction of sp³-hybridized carbons (Fsp3) is 0.529. The third-order valence-electron chi connectivity index (χ3n) is 9.68. The molecule has 42 heavy (non-hydrogen) atoms. The molecule has 2 bridgehead atoms. The first kappa shape index (κ1) is 28.9. The van der Waals surface area contributed by atoms with Crippen LogP contribution in [0.1, 0.15) is 75.7 Å². The maximum atomic E-state index is 13.4. The number of carbonyl (C=O) groups is 1. The Hall–Kier alpha value is -3.20. The molecular formula is C34H48N6O2. The van der Waals surface area contributed by atoms with Gasteiger partial charge in [0, 0.05) is 69.2 Å². The molecule has 2 unspecified atom stereocenters. The van der Waals surface area contributed by atoms with Gasteiger partial charge in [0.15, 0.2) is 0 Å². The molecule has 3 aliphatic heterocycles. The van der Waals surface area contributed by atoms with Crippen LogP contribution in [0.3, 0.4) is 0 Å². The van der Waals surface area contributed by atoms with E-state index >= 15 is 0 Å². The average Bonchev–Trinajstić information content (AvgIpc) is 3.45. The summed E-state index contributed by atoms with van der Waals surface area (Å²) in [4.78, 5) is 25.2. The number of benzene rings is 2. The number of nitrogens with one attached hydrogen (secondary N) is 1. The fourth-order valence-corrected chi connectivity index (χ4v) is 7.57. The number of aromatic nitrogens is 2. The summed E-state index contributed by atoms with van der Waals surface area (Å²) in [5, 5.41) is 13.5. The molecule has 1 aromatic heterocycles. The normalized spacial score (nSPS) is 23.0. The number of hydrogen-bond acceptors (Lipinski definition) is 5. The van der Waals surface area contributed by atoms with Crippen LogP contribution in [0, 0.1) is 13.8 Å². The zero-order valence-electron chi connectivity index (χ0n) is 25.4. The van der Waals surface area contributed by atoms with Crippen LogP contribution in [0.25, 0.3) is 0 Å². The number of imidazole rings is 1. The molecule has 3 aromatic rings. The quantitative estimate of drug-likeness (QED) is 0.323. The minimum Gasteiger partial charge on any atom is -0.378 e. The van der Waals surface area contributed by atoms with E-state index in [-0.39, 0.29) is 13.7 Å². The van der Waals surface area contributed by atoms with Crippen molar-refractivity contribution in [3.63, 3.8) is 0 Å². The van der Waals surface area contributed by atoms with Gasteiger partial charge in [-0.2, -0.15) is 0 Å². The van der Waals surface area contributed by atoms with Gasteiger partial charge in [0.25, 0.3) is 0 Å². The highest BCUT2D eigenvalue weighted by Gasteiger charge is 2.42. The zero-order valence-corrected chi connectivity index (χ0v) is 25.4. The van der Waals surface area contributed by atoms with Crippen LogP contribution in [0.4, 0.5) is 16.2 Å². The lowest BCUT2D eigenvalue weighted by Gasteiger charge is -2.41. The molecule has 2 aromatic carbocycles. The Balaban J connectivity index is 0.00000368. The Bertz CT molecular complexity index is 1350. The van der Waals surface area contributed by atoms with E-state index in [9.17, 15) is 9.90 Å². The highest BCUT2D eigenvalue weighted by atomic mass is 16.3. The van der Waals surface area contributed by atoms with Crippen LogP contribution in [-0.2, 0) is 13.0 Å². The van der Waals surface area contributed by atoms with E-state index in [0.29, 0.717) is 24.7 Å². The second-order valence-electron chi connectivity index (χ2n) is 12.4. The Morgan fingerprint density at radius 1 is 1.07 bits per heavy atom. The lowest BCUT2D eigenvalue weighted by molar-refractivity contribution is -0.00937. The van der Waals surface area contributed by atoms with E-state index in [0.717, 1.165) is 74.6 Å². The number of anilines is 2. The maximum absolute atomic E-state index is 13.4. The lowest BCUT2D eigenvalue weighted by atomic mass is 9.95. The van der Waals surface area contributed by atoms with Crippen molar-refractivity contribution in [2.75, 3.05) is 29.9 Å². The van der Waals surface area contributed by atoms with E-state index in [1.54, 1.807) is 0 Å². The minimum absolute atomic E-state index is 0. The second kappa shape index (κ2) is 12.6. The number of carbonyl (C=O) groups excluding carboxylic acids is 1. The number of aliphatic hydroxyl groups excluding tert-OH is 1. The van der Waals surface area contributed by atoms with Gasteiger partial charge in [-0.3, -0.25) is 14.7 Å². The number of fused-ring (bicyclic) bond motifs is 3. The third kappa shape index (κ3) is 5.98. The number of piperidine rings is 1. The molecule has 0 radical (unpaired) electrons. The number of rotatable bonds is 9. The molecule has 2 fully saturated rings. The van der Waals surface area contributed by atoms with Crippen LogP contribution in [0.2, 0.25) is 0 Å². The largest absolute Gasteiger partial charge is 0.378 e. The monoisotopic (exact) mass is 572 g/mol. The van der Waals surface area contributed by atoms with Crippen molar-refractivity contribution >= 4 is 17.4 Å². The Labute approximate surface area is 251 Å². The van der Waals surface area contributed by atoms with E-state index < -0.39 is 0 Å². The van der Waals surface area contributed by atoms with Gasteiger partial charge in [-0.25, -0.2) is 9.78 Å². The SMILES string of the molecule is CCC(O)N1CCc2c(nc(C)n2C2C[C@H]3CC[C@@H](C2)N3CCCN(C(=O)Nc2ccc(C)cc2)c2ccccc2)C1.[HH]. The molecule has 3 aliphatic rings. The van der Waals surface area contributed by atoms with Crippen molar-refractivity contribution in [2.24, 2.45) is 0 Å². The van der Waals surface area contributed by atoms with Crippen LogP contribution in [0.15, 0.2) is 54.6 Å². The highest BCUT2D eigenvalue weighted by molar-refractivity contribution is 6.01. The van der Waals surface area contributed by atoms with Crippen molar-refractivity contribution in [1.82, 2.24) is 19.4 Å². The number of amides is 2. The predicted octanol–water partition coefficient (Wildman–Crippen LogP) is 6.13. The van der Waals surface area contributed by atoms with Crippen LogP contribution in [0.5, 0.6) is 0 Å². The first-order chi connectivity index (χ1) is 20.4. The topological polar surface area (TPSA) is 76.9 Å².